The van der Waals surface area contributed by atoms with Crippen molar-refractivity contribution in [1.82, 2.24) is 9.97 Å². The molecule has 0 spiro atoms. The topological polar surface area (TPSA) is 55.0 Å². The number of aromatic nitrogens is 2. The van der Waals surface area contributed by atoms with Crippen LogP contribution < -0.4 is 10.6 Å². The predicted molar refractivity (Wildman–Crippen MR) is 81.5 cm³/mol. The fourth-order valence-electron chi connectivity index (χ4n) is 2.77. The van der Waals surface area contributed by atoms with Crippen molar-refractivity contribution in [2.24, 2.45) is 5.73 Å². The van der Waals surface area contributed by atoms with E-state index in [1.807, 2.05) is 30.5 Å². The predicted octanol–water partition coefficient (Wildman–Crippen LogP) is 2.46. The van der Waals surface area contributed by atoms with Gasteiger partial charge in [0, 0.05) is 30.9 Å². The van der Waals surface area contributed by atoms with Crippen molar-refractivity contribution in [3.05, 3.63) is 42.6 Å². The molecule has 0 aliphatic carbocycles. The number of rotatable bonds is 3. The van der Waals surface area contributed by atoms with Crippen LogP contribution in [-0.2, 0) is 0 Å². The van der Waals surface area contributed by atoms with Crippen molar-refractivity contribution >= 4 is 5.95 Å². The highest BCUT2D eigenvalue weighted by molar-refractivity contribution is 5.60. The van der Waals surface area contributed by atoms with Crippen LogP contribution in [0.1, 0.15) is 19.3 Å². The van der Waals surface area contributed by atoms with Gasteiger partial charge in [0.05, 0.1) is 5.69 Å². The number of hydrogen-bond acceptors (Lipinski definition) is 4. The van der Waals surface area contributed by atoms with Crippen LogP contribution in [0.3, 0.4) is 0 Å². The van der Waals surface area contributed by atoms with E-state index in [2.05, 4.69) is 22.0 Å². The minimum atomic E-state index is 0.370. The summed E-state index contributed by atoms with van der Waals surface area (Å²) in [4.78, 5) is 11.4. The van der Waals surface area contributed by atoms with E-state index in [9.17, 15) is 0 Å². The van der Waals surface area contributed by atoms with Gasteiger partial charge in [0.15, 0.2) is 0 Å². The zero-order valence-electron chi connectivity index (χ0n) is 11.6. The Morgan fingerprint density at radius 2 is 2.00 bits per heavy atom. The molecule has 1 aliphatic heterocycles. The van der Waals surface area contributed by atoms with Crippen molar-refractivity contribution in [2.45, 2.75) is 25.3 Å². The van der Waals surface area contributed by atoms with Crippen LogP contribution in [0.25, 0.3) is 11.3 Å². The van der Waals surface area contributed by atoms with Crippen LogP contribution in [0.4, 0.5) is 5.95 Å². The maximum atomic E-state index is 5.88. The lowest BCUT2D eigenvalue weighted by atomic mass is 10.0. The third-order valence-corrected chi connectivity index (χ3v) is 3.87. The zero-order chi connectivity index (χ0) is 13.8. The standard InChI is InChI=1S/C16H20N4/c17-12-14-8-4-5-11-20(14)16-18-10-9-15(19-16)13-6-2-1-3-7-13/h1-3,6-7,9-10,14H,4-5,8,11-12,17H2. The Bertz CT molecular complexity index is 555. The van der Waals surface area contributed by atoms with Gasteiger partial charge in [0.2, 0.25) is 5.95 Å². The molecule has 0 saturated carbocycles. The normalized spacial score (nSPS) is 19.1. The van der Waals surface area contributed by atoms with Gasteiger partial charge >= 0.3 is 0 Å². The third-order valence-electron chi connectivity index (χ3n) is 3.87. The third kappa shape index (κ3) is 2.65. The molecule has 1 atom stereocenters. The lowest BCUT2D eigenvalue weighted by Crippen LogP contribution is -2.45. The average molecular weight is 268 g/mol. The van der Waals surface area contributed by atoms with Crippen LogP contribution in [-0.4, -0.2) is 29.1 Å². The first kappa shape index (κ1) is 13.1. The first-order valence-corrected chi connectivity index (χ1v) is 7.23. The van der Waals surface area contributed by atoms with Gasteiger partial charge in [-0.05, 0) is 25.3 Å². The van der Waals surface area contributed by atoms with Gasteiger partial charge in [-0.2, -0.15) is 0 Å². The summed E-state index contributed by atoms with van der Waals surface area (Å²) in [5.74, 6) is 0.807. The lowest BCUT2D eigenvalue weighted by molar-refractivity contribution is 0.458. The molecule has 2 N–H and O–H groups in total. The van der Waals surface area contributed by atoms with E-state index >= 15 is 0 Å². The van der Waals surface area contributed by atoms with Crippen LogP contribution >= 0.6 is 0 Å². The number of nitrogens with two attached hydrogens (primary N) is 1. The van der Waals surface area contributed by atoms with Crippen LogP contribution in [0, 0.1) is 0 Å². The molecule has 2 aromatic rings. The quantitative estimate of drug-likeness (QED) is 0.929. The molecule has 0 amide bonds. The molecule has 1 unspecified atom stereocenters. The monoisotopic (exact) mass is 268 g/mol. The maximum absolute atomic E-state index is 5.88. The Morgan fingerprint density at radius 3 is 2.80 bits per heavy atom. The van der Waals surface area contributed by atoms with Crippen LogP contribution in [0.15, 0.2) is 42.6 Å². The maximum Gasteiger partial charge on any atom is 0.226 e. The molecule has 20 heavy (non-hydrogen) atoms. The Balaban J connectivity index is 1.91. The van der Waals surface area contributed by atoms with E-state index in [1.54, 1.807) is 0 Å². The van der Waals surface area contributed by atoms with Crippen LogP contribution in [0.5, 0.6) is 0 Å². The summed E-state index contributed by atoms with van der Waals surface area (Å²) >= 11 is 0. The summed E-state index contributed by atoms with van der Waals surface area (Å²) in [5.41, 5.74) is 7.97. The van der Waals surface area contributed by atoms with E-state index in [0.29, 0.717) is 12.6 Å². The summed E-state index contributed by atoms with van der Waals surface area (Å²) in [6.07, 6.45) is 5.41. The molecule has 1 aromatic carbocycles. The molecule has 2 heterocycles. The minimum Gasteiger partial charge on any atom is -0.337 e. The number of benzene rings is 1. The Morgan fingerprint density at radius 1 is 1.15 bits per heavy atom. The second kappa shape index (κ2) is 6.01. The molecule has 0 radical (unpaired) electrons. The molecule has 104 valence electrons. The Hall–Kier alpha value is -1.94. The zero-order valence-corrected chi connectivity index (χ0v) is 11.6. The number of piperidine rings is 1. The highest BCUT2D eigenvalue weighted by Crippen LogP contribution is 2.23. The first-order chi connectivity index (χ1) is 9.88. The Labute approximate surface area is 119 Å². The largest absolute Gasteiger partial charge is 0.337 e. The fraction of sp³-hybridized carbons (Fsp3) is 0.375. The molecule has 4 nitrogen and oxygen atoms in total. The van der Waals surface area contributed by atoms with E-state index < -0.39 is 0 Å². The van der Waals surface area contributed by atoms with Crippen molar-refractivity contribution < 1.29 is 0 Å². The van der Waals surface area contributed by atoms with Gasteiger partial charge in [0.1, 0.15) is 0 Å². The van der Waals surface area contributed by atoms with Gasteiger partial charge in [-0.15, -0.1) is 0 Å². The molecule has 1 aliphatic rings. The molecule has 1 aromatic heterocycles. The molecular formula is C16H20N4. The average Bonchev–Trinajstić information content (AvgIpc) is 2.56. The van der Waals surface area contributed by atoms with Gasteiger partial charge in [-0.25, -0.2) is 9.97 Å². The second-order valence-corrected chi connectivity index (χ2v) is 5.19. The second-order valence-electron chi connectivity index (χ2n) is 5.19. The molecule has 1 fully saturated rings. The summed E-state index contributed by atoms with van der Waals surface area (Å²) in [6.45, 7) is 1.67. The van der Waals surface area contributed by atoms with Crippen molar-refractivity contribution in [3.8, 4) is 11.3 Å². The van der Waals surface area contributed by atoms with E-state index in [4.69, 9.17) is 10.7 Å². The van der Waals surface area contributed by atoms with Crippen molar-refractivity contribution in [3.63, 3.8) is 0 Å². The number of hydrogen-bond donors (Lipinski definition) is 1. The smallest absolute Gasteiger partial charge is 0.226 e. The minimum absolute atomic E-state index is 0.370. The number of nitrogens with zero attached hydrogens (tertiary/aromatic N) is 3. The van der Waals surface area contributed by atoms with E-state index in [0.717, 1.165) is 30.2 Å². The SMILES string of the molecule is NCC1CCCCN1c1nccc(-c2ccccc2)n1. The van der Waals surface area contributed by atoms with Crippen molar-refractivity contribution in [2.75, 3.05) is 18.0 Å². The first-order valence-electron chi connectivity index (χ1n) is 7.23. The molecule has 0 bridgehead atoms. The summed E-state index contributed by atoms with van der Waals surface area (Å²) < 4.78 is 0. The van der Waals surface area contributed by atoms with Crippen LogP contribution in [0.2, 0.25) is 0 Å². The Kier molecular flexibility index (Phi) is 3.92. The van der Waals surface area contributed by atoms with Gasteiger partial charge in [-0.3, -0.25) is 0 Å². The van der Waals surface area contributed by atoms with Crippen molar-refractivity contribution in [1.29, 1.82) is 0 Å². The summed E-state index contributed by atoms with van der Waals surface area (Å²) in [6, 6.07) is 12.5. The van der Waals surface area contributed by atoms with Gasteiger partial charge in [0.25, 0.3) is 0 Å². The molecule has 3 rings (SSSR count). The highest BCUT2D eigenvalue weighted by Gasteiger charge is 2.23. The van der Waals surface area contributed by atoms with Gasteiger partial charge < -0.3 is 10.6 Å². The van der Waals surface area contributed by atoms with E-state index in [1.165, 1.54) is 12.8 Å². The van der Waals surface area contributed by atoms with E-state index in [-0.39, 0.29) is 0 Å². The summed E-state index contributed by atoms with van der Waals surface area (Å²) in [5, 5.41) is 0. The number of anilines is 1. The molecular weight excluding hydrogens is 248 g/mol. The molecule has 1 saturated heterocycles. The highest BCUT2D eigenvalue weighted by atomic mass is 15.3. The van der Waals surface area contributed by atoms with Gasteiger partial charge in [-0.1, -0.05) is 30.3 Å². The lowest BCUT2D eigenvalue weighted by Gasteiger charge is -2.35. The molecule has 4 heteroatoms. The summed E-state index contributed by atoms with van der Waals surface area (Å²) in [7, 11) is 0. The fourth-order valence-corrected chi connectivity index (χ4v) is 2.77.